The van der Waals surface area contributed by atoms with E-state index in [0.717, 1.165) is 0 Å². The molecule has 12 heteroatoms. The van der Waals surface area contributed by atoms with Crippen molar-refractivity contribution in [2.45, 2.75) is 18.3 Å². The van der Waals surface area contributed by atoms with Gasteiger partial charge in [-0.15, -0.1) is 0 Å². The second kappa shape index (κ2) is 10.4. The average molecular weight is 556 g/mol. The number of rotatable bonds is 6. The number of halogens is 8. The third-order valence-corrected chi connectivity index (χ3v) is 6.24. The summed E-state index contributed by atoms with van der Waals surface area (Å²) in [5.74, 6) is -20.3. The van der Waals surface area contributed by atoms with Crippen molar-refractivity contribution in [1.29, 1.82) is 0 Å². The van der Waals surface area contributed by atoms with E-state index in [0.29, 0.717) is 48.5 Å². The summed E-state index contributed by atoms with van der Waals surface area (Å²) in [5.41, 5.74) is -1.46. The molecule has 4 aromatic carbocycles. The molecule has 0 fully saturated rings. The Labute approximate surface area is 214 Å². The minimum Gasteiger partial charge on any atom is -0.503 e. The monoisotopic (exact) mass is 556 g/mol. The van der Waals surface area contributed by atoms with Crippen LogP contribution in [0.25, 0.3) is 0 Å². The van der Waals surface area contributed by atoms with E-state index in [2.05, 4.69) is 0 Å². The fourth-order valence-electron chi connectivity index (χ4n) is 4.31. The molecule has 0 atom stereocenters. The van der Waals surface area contributed by atoms with Crippen molar-refractivity contribution in [3.63, 3.8) is 0 Å². The first kappa shape index (κ1) is 27.6. The fourth-order valence-corrected chi connectivity index (χ4v) is 4.31. The standard InChI is InChI=1S/C27H16F8O4/c28-16-1-10(2-17(29)24(16)36)14(11-3-18(30)25(37)19(31)4-11)9-15(12-5-20(32)26(38)21(33)6-12)13-7-22(34)27(39)23(35)8-13/h1-8,14-15,36-39H,9H2. The van der Waals surface area contributed by atoms with Crippen molar-refractivity contribution in [2.75, 3.05) is 0 Å². The van der Waals surface area contributed by atoms with Gasteiger partial charge in [0.1, 0.15) is 0 Å². The van der Waals surface area contributed by atoms with Gasteiger partial charge in [-0.25, -0.2) is 35.1 Å². The minimum atomic E-state index is -1.50. The Morgan fingerprint density at radius 1 is 0.359 bits per heavy atom. The van der Waals surface area contributed by atoms with Gasteiger partial charge < -0.3 is 20.4 Å². The van der Waals surface area contributed by atoms with Crippen LogP contribution in [0.3, 0.4) is 0 Å². The van der Waals surface area contributed by atoms with Crippen LogP contribution in [0.2, 0.25) is 0 Å². The van der Waals surface area contributed by atoms with Crippen molar-refractivity contribution >= 4 is 0 Å². The van der Waals surface area contributed by atoms with Gasteiger partial charge in [0, 0.05) is 11.8 Å². The highest BCUT2D eigenvalue weighted by Gasteiger charge is 2.29. The summed E-state index contributed by atoms with van der Waals surface area (Å²) in [7, 11) is 0. The molecule has 0 saturated carbocycles. The van der Waals surface area contributed by atoms with Crippen LogP contribution in [-0.4, -0.2) is 20.4 Å². The summed E-state index contributed by atoms with van der Waals surface area (Å²) >= 11 is 0. The Balaban J connectivity index is 1.98. The maximum Gasteiger partial charge on any atom is 0.187 e. The Bertz CT molecular complexity index is 1270. The fraction of sp³-hybridized carbons (Fsp3) is 0.111. The van der Waals surface area contributed by atoms with Gasteiger partial charge in [0.05, 0.1) is 0 Å². The first-order valence-corrected chi connectivity index (χ1v) is 11.0. The van der Waals surface area contributed by atoms with Crippen LogP contribution in [-0.2, 0) is 0 Å². The molecule has 4 aromatic rings. The molecular weight excluding hydrogens is 540 g/mol. The predicted molar refractivity (Wildman–Crippen MR) is 120 cm³/mol. The SMILES string of the molecule is Oc1c(F)cc(C(CC(c2cc(F)c(O)c(F)c2)c2cc(F)c(O)c(F)c2)c2cc(F)c(O)c(F)c2)cc1F. The molecule has 0 amide bonds. The van der Waals surface area contributed by atoms with E-state index < -0.39 is 87.8 Å². The maximum absolute atomic E-state index is 14.3. The molecule has 204 valence electrons. The predicted octanol–water partition coefficient (Wildman–Crippen LogP) is 6.98. The molecule has 4 nitrogen and oxygen atoms in total. The normalized spacial score (nSPS) is 11.5. The van der Waals surface area contributed by atoms with Gasteiger partial charge >= 0.3 is 0 Å². The largest absolute Gasteiger partial charge is 0.503 e. The number of phenolic OH excluding ortho intramolecular Hbond substituents is 4. The van der Waals surface area contributed by atoms with E-state index in [4.69, 9.17) is 0 Å². The lowest BCUT2D eigenvalue weighted by molar-refractivity contribution is 0.390. The summed E-state index contributed by atoms with van der Waals surface area (Å²) in [6, 6.07) is 4.88. The first-order valence-electron chi connectivity index (χ1n) is 11.0. The molecular formula is C27H16F8O4. The van der Waals surface area contributed by atoms with Gasteiger partial charge in [0.2, 0.25) is 0 Å². The van der Waals surface area contributed by atoms with E-state index in [9.17, 15) is 55.5 Å². The number of hydrogen-bond acceptors (Lipinski definition) is 4. The lowest BCUT2D eigenvalue weighted by Crippen LogP contribution is -2.12. The van der Waals surface area contributed by atoms with Crippen LogP contribution in [0.1, 0.15) is 40.5 Å². The maximum atomic E-state index is 14.3. The number of aromatic hydroxyl groups is 4. The highest BCUT2D eigenvalue weighted by Crippen LogP contribution is 2.43. The van der Waals surface area contributed by atoms with E-state index in [1.165, 1.54) is 0 Å². The van der Waals surface area contributed by atoms with Crippen LogP contribution in [0.5, 0.6) is 23.0 Å². The molecule has 4 N–H and O–H groups in total. The quantitative estimate of drug-likeness (QED) is 0.193. The molecule has 0 spiro atoms. The highest BCUT2D eigenvalue weighted by molar-refractivity contribution is 5.44. The number of phenols is 4. The molecule has 0 saturated heterocycles. The summed E-state index contributed by atoms with van der Waals surface area (Å²) < 4.78 is 114. The van der Waals surface area contributed by atoms with Gasteiger partial charge in [0.25, 0.3) is 0 Å². The molecule has 0 aliphatic heterocycles. The molecule has 0 aromatic heterocycles. The van der Waals surface area contributed by atoms with Crippen molar-refractivity contribution in [2.24, 2.45) is 0 Å². The Morgan fingerprint density at radius 3 is 0.667 bits per heavy atom. The minimum absolute atomic E-state index is 0.364. The second-order valence-electron chi connectivity index (χ2n) is 8.67. The molecule has 4 rings (SSSR count). The van der Waals surface area contributed by atoms with E-state index >= 15 is 0 Å². The summed E-state index contributed by atoms with van der Waals surface area (Å²) in [4.78, 5) is 0. The van der Waals surface area contributed by atoms with Crippen LogP contribution in [0.15, 0.2) is 48.5 Å². The van der Waals surface area contributed by atoms with E-state index in [-0.39, 0.29) is 22.3 Å². The van der Waals surface area contributed by atoms with Crippen molar-refractivity contribution < 1.29 is 55.5 Å². The van der Waals surface area contributed by atoms with Gasteiger partial charge in [-0.3, -0.25) is 0 Å². The Kier molecular flexibility index (Phi) is 7.31. The molecule has 39 heavy (non-hydrogen) atoms. The number of benzene rings is 4. The Morgan fingerprint density at radius 2 is 0.513 bits per heavy atom. The zero-order chi connectivity index (χ0) is 28.8. The van der Waals surface area contributed by atoms with Gasteiger partial charge in [0.15, 0.2) is 69.5 Å². The highest BCUT2D eigenvalue weighted by atomic mass is 19.2. The third-order valence-electron chi connectivity index (χ3n) is 6.24. The summed E-state index contributed by atoms with van der Waals surface area (Å²) in [6.07, 6.45) is -0.624. The zero-order valence-electron chi connectivity index (χ0n) is 19.3. The smallest absolute Gasteiger partial charge is 0.187 e. The van der Waals surface area contributed by atoms with Crippen molar-refractivity contribution in [1.82, 2.24) is 0 Å². The van der Waals surface area contributed by atoms with Gasteiger partial charge in [-0.05, 0) is 77.2 Å². The van der Waals surface area contributed by atoms with Crippen molar-refractivity contribution in [3.05, 3.63) is 117 Å². The molecule has 0 bridgehead atoms. The van der Waals surface area contributed by atoms with Crippen LogP contribution in [0, 0.1) is 46.5 Å². The molecule has 0 unspecified atom stereocenters. The topological polar surface area (TPSA) is 80.9 Å². The molecule has 0 radical (unpaired) electrons. The van der Waals surface area contributed by atoms with Crippen LogP contribution >= 0.6 is 0 Å². The van der Waals surface area contributed by atoms with Crippen molar-refractivity contribution in [3.8, 4) is 23.0 Å². The zero-order valence-corrected chi connectivity index (χ0v) is 19.3. The average Bonchev–Trinajstić information content (AvgIpc) is 2.87. The second-order valence-corrected chi connectivity index (χ2v) is 8.67. The lowest BCUT2D eigenvalue weighted by Gasteiger charge is -2.26. The first-order chi connectivity index (χ1) is 18.3. The Hall–Kier alpha value is -4.48. The van der Waals surface area contributed by atoms with Gasteiger partial charge in [-0.2, -0.15) is 0 Å². The number of hydrogen-bond donors (Lipinski definition) is 4. The third kappa shape index (κ3) is 5.27. The van der Waals surface area contributed by atoms with Crippen LogP contribution in [0.4, 0.5) is 35.1 Å². The van der Waals surface area contributed by atoms with Gasteiger partial charge in [-0.1, -0.05) is 0 Å². The lowest BCUT2D eigenvalue weighted by atomic mass is 9.78. The summed E-state index contributed by atoms with van der Waals surface area (Å²) in [6.45, 7) is 0. The molecule has 0 heterocycles. The van der Waals surface area contributed by atoms with Crippen LogP contribution < -0.4 is 0 Å². The van der Waals surface area contributed by atoms with E-state index in [1.807, 2.05) is 0 Å². The van der Waals surface area contributed by atoms with E-state index in [1.54, 1.807) is 0 Å². The molecule has 0 aliphatic carbocycles. The summed E-state index contributed by atoms with van der Waals surface area (Å²) in [5, 5.41) is 38.0. The molecule has 0 aliphatic rings.